The summed E-state index contributed by atoms with van der Waals surface area (Å²) in [5.41, 5.74) is 3.17. The van der Waals surface area contributed by atoms with Gasteiger partial charge in [0.25, 0.3) is 0 Å². The van der Waals surface area contributed by atoms with Crippen molar-refractivity contribution in [3.05, 3.63) is 63.9 Å². The zero-order valence-electron chi connectivity index (χ0n) is 20.7. The lowest BCUT2D eigenvalue weighted by atomic mass is 9.82. The smallest absolute Gasteiger partial charge is 0.362 e. The molecule has 0 aliphatic carbocycles. The van der Waals surface area contributed by atoms with Crippen molar-refractivity contribution in [2.45, 2.75) is 33.6 Å². The number of hydrogen-bond donors (Lipinski definition) is 3. The summed E-state index contributed by atoms with van der Waals surface area (Å²) in [6, 6.07) is 7.76. The van der Waals surface area contributed by atoms with Gasteiger partial charge in [-0.2, -0.15) is 5.10 Å². The van der Waals surface area contributed by atoms with Crippen molar-refractivity contribution in [2.75, 3.05) is 37.5 Å². The predicted molar refractivity (Wildman–Crippen MR) is 130 cm³/mol. The molecule has 2 heterocycles. The summed E-state index contributed by atoms with van der Waals surface area (Å²) < 4.78 is 10.3. The van der Waals surface area contributed by atoms with E-state index in [4.69, 9.17) is 9.47 Å². The summed E-state index contributed by atoms with van der Waals surface area (Å²) >= 11 is 0. The van der Waals surface area contributed by atoms with Gasteiger partial charge in [-0.05, 0) is 45.4 Å². The Kier molecular flexibility index (Phi) is 7.90. The van der Waals surface area contributed by atoms with Crippen molar-refractivity contribution in [1.82, 2.24) is 10.2 Å². The molecule has 1 aliphatic heterocycles. The van der Waals surface area contributed by atoms with E-state index in [1.165, 1.54) is 6.92 Å². The summed E-state index contributed by atoms with van der Waals surface area (Å²) in [4.78, 5) is 27.4. The number of nitrogens with zero attached hydrogens (tertiary/aromatic N) is 4. The minimum atomic E-state index is -0.836. The van der Waals surface area contributed by atoms with E-state index in [0.29, 0.717) is 5.82 Å². The predicted octanol–water partition coefficient (Wildman–Crippen LogP) is 3.92. The standard InChI is InChI=1S/C24H30N6O5/c1-7-34-23(32)19-18(15-9-11-16(12-10-15)30(5)6)17-13(3)26-28-21(17)25-22(19)29-27-20(14(4)31)24(33)35-8-2/h9-12,18,31H,7-8H2,1-6H3,(H2,25,26,28)/b20-14+,29-27?. The molecule has 35 heavy (non-hydrogen) atoms. The molecule has 1 aromatic heterocycles. The highest BCUT2D eigenvalue weighted by Crippen LogP contribution is 2.43. The fraction of sp³-hybridized carbons (Fsp3) is 0.375. The van der Waals surface area contributed by atoms with Crippen LogP contribution in [0.25, 0.3) is 0 Å². The molecule has 0 radical (unpaired) electrons. The van der Waals surface area contributed by atoms with Gasteiger partial charge in [0.15, 0.2) is 11.6 Å². The van der Waals surface area contributed by atoms with Crippen molar-refractivity contribution >= 4 is 23.4 Å². The Morgan fingerprint density at radius 2 is 1.80 bits per heavy atom. The van der Waals surface area contributed by atoms with Crippen LogP contribution < -0.4 is 10.2 Å². The number of aromatic nitrogens is 2. The van der Waals surface area contributed by atoms with Gasteiger partial charge in [0, 0.05) is 31.0 Å². The third kappa shape index (κ3) is 5.34. The van der Waals surface area contributed by atoms with Crippen LogP contribution >= 0.6 is 0 Å². The van der Waals surface area contributed by atoms with E-state index in [-0.39, 0.29) is 36.1 Å². The maximum Gasteiger partial charge on any atom is 0.362 e. The number of H-pyrrole nitrogens is 1. The van der Waals surface area contributed by atoms with Crippen LogP contribution in [0, 0.1) is 6.92 Å². The number of azo groups is 1. The molecule has 0 saturated heterocycles. The van der Waals surface area contributed by atoms with Gasteiger partial charge in [-0.1, -0.05) is 12.1 Å². The topological polar surface area (TPSA) is 142 Å². The monoisotopic (exact) mass is 482 g/mol. The van der Waals surface area contributed by atoms with Gasteiger partial charge in [-0.15, -0.1) is 10.2 Å². The SMILES string of the molecule is CCOC(=O)C1=C(N=N/C(C(=O)OCC)=C(\C)O)Nc2n[nH]c(C)c2C1c1ccc(N(C)C)cc1. The number of aliphatic hydroxyl groups is 1. The first-order valence-electron chi connectivity index (χ1n) is 11.2. The molecular formula is C24H30N6O5. The molecule has 11 heteroatoms. The van der Waals surface area contributed by atoms with Crippen LogP contribution in [0.1, 0.15) is 43.5 Å². The maximum atomic E-state index is 13.2. The number of anilines is 2. The molecule has 1 aliphatic rings. The van der Waals surface area contributed by atoms with E-state index < -0.39 is 17.9 Å². The average Bonchev–Trinajstić information content (AvgIpc) is 3.18. The van der Waals surface area contributed by atoms with E-state index in [1.54, 1.807) is 13.8 Å². The molecule has 1 unspecified atom stereocenters. The molecule has 1 aromatic carbocycles. The summed E-state index contributed by atoms with van der Waals surface area (Å²) in [7, 11) is 3.89. The van der Waals surface area contributed by atoms with Crippen LogP contribution in [-0.2, 0) is 19.1 Å². The highest BCUT2D eigenvalue weighted by Gasteiger charge is 2.38. The highest BCUT2D eigenvalue weighted by atomic mass is 16.5. The van der Waals surface area contributed by atoms with E-state index in [2.05, 4.69) is 25.7 Å². The molecule has 11 nitrogen and oxygen atoms in total. The lowest BCUT2D eigenvalue weighted by Gasteiger charge is -2.27. The number of hydrogen-bond acceptors (Lipinski definition) is 10. The van der Waals surface area contributed by atoms with Crippen LogP contribution in [-0.4, -0.2) is 54.6 Å². The van der Waals surface area contributed by atoms with Crippen LogP contribution in [0.2, 0.25) is 0 Å². The average molecular weight is 483 g/mol. The molecule has 3 rings (SSSR count). The zero-order chi connectivity index (χ0) is 25.7. The zero-order valence-corrected chi connectivity index (χ0v) is 20.7. The molecule has 0 fully saturated rings. The molecule has 186 valence electrons. The van der Waals surface area contributed by atoms with Crippen molar-refractivity contribution in [2.24, 2.45) is 10.2 Å². The first-order valence-corrected chi connectivity index (χ1v) is 11.2. The number of aryl methyl sites for hydroxylation is 1. The fourth-order valence-corrected chi connectivity index (χ4v) is 3.71. The lowest BCUT2D eigenvalue weighted by molar-refractivity contribution is -0.139. The van der Waals surface area contributed by atoms with E-state index in [1.807, 2.05) is 50.2 Å². The number of aromatic amines is 1. The Morgan fingerprint density at radius 1 is 1.14 bits per heavy atom. The van der Waals surface area contributed by atoms with Crippen LogP contribution in [0.5, 0.6) is 0 Å². The number of ether oxygens (including phenoxy) is 2. The minimum Gasteiger partial charge on any atom is -0.510 e. The van der Waals surface area contributed by atoms with Crippen LogP contribution in [0.3, 0.4) is 0 Å². The van der Waals surface area contributed by atoms with Gasteiger partial charge in [0.2, 0.25) is 5.70 Å². The van der Waals surface area contributed by atoms with Crippen molar-refractivity contribution in [3.63, 3.8) is 0 Å². The molecule has 1 atom stereocenters. The van der Waals surface area contributed by atoms with Gasteiger partial charge in [0.05, 0.1) is 24.7 Å². The van der Waals surface area contributed by atoms with Gasteiger partial charge in [-0.25, -0.2) is 9.59 Å². The van der Waals surface area contributed by atoms with Gasteiger partial charge < -0.3 is 24.8 Å². The normalized spacial score (nSPS) is 15.9. The Labute approximate surface area is 203 Å². The largest absolute Gasteiger partial charge is 0.510 e. The number of esters is 2. The van der Waals surface area contributed by atoms with E-state index >= 15 is 0 Å². The van der Waals surface area contributed by atoms with Crippen LogP contribution in [0.4, 0.5) is 11.5 Å². The van der Waals surface area contributed by atoms with E-state index in [9.17, 15) is 14.7 Å². The number of benzene rings is 1. The van der Waals surface area contributed by atoms with Gasteiger partial charge in [0.1, 0.15) is 5.76 Å². The molecule has 0 saturated carbocycles. The third-order valence-electron chi connectivity index (χ3n) is 5.36. The maximum absolute atomic E-state index is 13.2. The van der Waals surface area contributed by atoms with Crippen molar-refractivity contribution < 1.29 is 24.2 Å². The highest BCUT2D eigenvalue weighted by molar-refractivity contribution is 5.94. The molecule has 0 bridgehead atoms. The number of aliphatic hydroxyl groups excluding tert-OH is 1. The Balaban J connectivity index is 2.20. The molecule has 3 N–H and O–H groups in total. The van der Waals surface area contributed by atoms with E-state index in [0.717, 1.165) is 22.5 Å². The minimum absolute atomic E-state index is 0.0483. The Morgan fingerprint density at radius 3 is 2.37 bits per heavy atom. The fourth-order valence-electron chi connectivity index (χ4n) is 3.71. The Bertz CT molecular complexity index is 1190. The number of carbonyl (C=O) groups is 2. The number of fused-ring (bicyclic) bond motifs is 1. The first kappa shape index (κ1) is 25.5. The molecule has 0 spiro atoms. The van der Waals surface area contributed by atoms with Crippen molar-refractivity contribution in [3.8, 4) is 0 Å². The summed E-state index contributed by atoms with van der Waals surface area (Å²) in [5.74, 6) is -1.85. The number of carbonyl (C=O) groups excluding carboxylic acids is 2. The summed E-state index contributed by atoms with van der Waals surface area (Å²) in [6.45, 7) is 6.76. The Hall–Kier alpha value is -4.15. The van der Waals surface area contributed by atoms with Crippen molar-refractivity contribution in [1.29, 1.82) is 0 Å². The summed E-state index contributed by atoms with van der Waals surface area (Å²) in [5, 5.41) is 28.2. The number of nitrogens with one attached hydrogen (secondary N) is 2. The summed E-state index contributed by atoms with van der Waals surface area (Å²) in [6.07, 6.45) is 0. The van der Waals surface area contributed by atoms with Gasteiger partial charge in [-0.3, -0.25) is 5.10 Å². The molecule has 2 aromatic rings. The van der Waals surface area contributed by atoms with Crippen LogP contribution in [0.15, 0.2) is 57.3 Å². The second-order valence-electron chi connectivity index (χ2n) is 7.99. The first-order chi connectivity index (χ1) is 16.7. The second kappa shape index (κ2) is 10.9. The lowest BCUT2D eigenvalue weighted by Crippen LogP contribution is -2.25. The molecular weight excluding hydrogens is 452 g/mol. The van der Waals surface area contributed by atoms with Gasteiger partial charge >= 0.3 is 11.9 Å². The number of allylic oxidation sites excluding steroid dienone is 1. The second-order valence-corrected chi connectivity index (χ2v) is 7.99. The quantitative estimate of drug-likeness (QED) is 0.222. The molecule has 0 amide bonds. The number of rotatable bonds is 8. The third-order valence-corrected chi connectivity index (χ3v) is 5.36.